The number of nitrogens with one attached hydrogen (secondary N) is 4. The van der Waals surface area contributed by atoms with E-state index in [0.717, 1.165) is 0 Å². The van der Waals surface area contributed by atoms with Gasteiger partial charge in [-0.3, -0.25) is 19.2 Å². The summed E-state index contributed by atoms with van der Waals surface area (Å²) in [4.78, 5) is 61.9. The van der Waals surface area contributed by atoms with Gasteiger partial charge in [0.25, 0.3) is 0 Å². The molecule has 0 saturated carbocycles. The molecule has 0 aromatic rings. The number of carbonyl (C=O) groups is 5. The second kappa shape index (κ2) is 15.2. The van der Waals surface area contributed by atoms with E-state index in [0.29, 0.717) is 38.7 Å². The zero-order valence-corrected chi connectivity index (χ0v) is 20.5. The maximum Gasteiger partial charge on any atom is 0.328 e. The maximum absolute atomic E-state index is 13.2. The molecule has 1 heterocycles. The van der Waals surface area contributed by atoms with E-state index in [1.807, 2.05) is 13.8 Å². The van der Waals surface area contributed by atoms with Crippen LogP contribution in [0.15, 0.2) is 0 Å². The normalized spacial score (nSPS) is 16.6. The van der Waals surface area contributed by atoms with Gasteiger partial charge in [0.1, 0.15) is 18.1 Å². The number of Topliss-reactive ketones (excluding diaryl/α,β-unsaturated/α-hetero) is 1. The van der Waals surface area contributed by atoms with Crippen molar-refractivity contribution < 1.29 is 33.4 Å². The van der Waals surface area contributed by atoms with Crippen LogP contribution >= 0.6 is 0 Å². The van der Waals surface area contributed by atoms with E-state index in [1.165, 1.54) is 6.92 Å². The van der Waals surface area contributed by atoms with E-state index in [4.69, 9.17) is 14.9 Å². The summed E-state index contributed by atoms with van der Waals surface area (Å²) in [6, 6.07) is -2.92. The highest BCUT2D eigenvalue weighted by molar-refractivity contribution is 6.26. The fourth-order valence-electron chi connectivity index (χ4n) is 3.75. The Kier molecular flexibility index (Phi) is 13.0. The minimum atomic E-state index is -1.14. The summed E-state index contributed by atoms with van der Waals surface area (Å²) < 4.78 is 10.5. The number of rotatable bonds is 14. The Morgan fingerprint density at radius 1 is 1.03 bits per heavy atom. The van der Waals surface area contributed by atoms with Gasteiger partial charge in [0, 0.05) is 26.6 Å². The first kappa shape index (κ1) is 29.2. The minimum absolute atomic E-state index is 0.0659. The Hall–Kier alpha value is -2.82. The van der Waals surface area contributed by atoms with Gasteiger partial charge in [-0.15, -0.1) is 0 Å². The molecule has 34 heavy (non-hydrogen) atoms. The molecule has 1 rings (SSSR count). The molecule has 0 radical (unpaired) electrons. The van der Waals surface area contributed by atoms with Crippen molar-refractivity contribution in [1.82, 2.24) is 16.0 Å². The van der Waals surface area contributed by atoms with E-state index in [9.17, 15) is 24.0 Å². The van der Waals surface area contributed by atoms with Crippen LogP contribution < -0.4 is 16.0 Å². The monoisotopic (exact) mass is 482 g/mol. The highest BCUT2D eigenvalue weighted by Gasteiger charge is 2.35. The fraction of sp³-hybridized carbons (Fsp3) is 0.739. The van der Waals surface area contributed by atoms with Gasteiger partial charge in [-0.1, -0.05) is 13.8 Å². The predicted octanol–water partition coefficient (Wildman–Crippen LogP) is 0.495. The van der Waals surface area contributed by atoms with Gasteiger partial charge >= 0.3 is 5.97 Å². The van der Waals surface area contributed by atoms with Crippen molar-refractivity contribution in [2.75, 3.05) is 19.8 Å². The summed E-state index contributed by atoms with van der Waals surface area (Å²) in [7, 11) is 0. The quantitative estimate of drug-likeness (QED) is 0.207. The smallest absolute Gasteiger partial charge is 0.328 e. The molecule has 1 aliphatic heterocycles. The van der Waals surface area contributed by atoms with E-state index in [2.05, 4.69) is 16.0 Å². The number of hydrogen-bond acceptors (Lipinski definition) is 8. The van der Waals surface area contributed by atoms with Gasteiger partial charge in [0.05, 0.1) is 12.8 Å². The molecule has 0 spiro atoms. The number of amides is 3. The van der Waals surface area contributed by atoms with E-state index < -0.39 is 41.7 Å². The first-order valence-corrected chi connectivity index (χ1v) is 11.7. The van der Waals surface area contributed by atoms with Gasteiger partial charge in [0.15, 0.2) is 5.78 Å². The number of ketones is 1. The van der Waals surface area contributed by atoms with E-state index >= 15 is 0 Å². The lowest BCUT2D eigenvalue weighted by molar-refractivity contribution is -0.150. The molecule has 1 saturated heterocycles. The standard InChI is InChI=1S/C23H38N4O7/c1-5-34-23(32)20(16-8-10-33-11-9-16)27-21(30)18(7-6-17(29)13-24)26-22(31)19(12-14(2)3)25-15(4)28/h13-14,16,18-20,24H,5-12H2,1-4H3,(H,25,28)(H,26,31)(H,27,30)/t18-,19-,20?/m0/s1. The van der Waals surface area contributed by atoms with Crippen LogP contribution in [0.3, 0.4) is 0 Å². The van der Waals surface area contributed by atoms with Crippen molar-refractivity contribution >= 4 is 35.7 Å². The van der Waals surface area contributed by atoms with Crippen LogP contribution in [0, 0.1) is 17.2 Å². The molecule has 4 N–H and O–H groups in total. The molecule has 1 unspecified atom stereocenters. The minimum Gasteiger partial charge on any atom is -0.464 e. The zero-order chi connectivity index (χ0) is 25.7. The molecule has 0 aromatic carbocycles. The van der Waals surface area contributed by atoms with Crippen LogP contribution in [0.1, 0.15) is 59.8 Å². The third-order valence-electron chi connectivity index (χ3n) is 5.45. The predicted molar refractivity (Wildman–Crippen MR) is 124 cm³/mol. The lowest BCUT2D eigenvalue weighted by atomic mass is 9.91. The molecule has 1 fully saturated rings. The molecule has 3 atom stereocenters. The van der Waals surface area contributed by atoms with Crippen molar-refractivity contribution in [2.24, 2.45) is 11.8 Å². The Balaban J connectivity index is 3.06. The molecule has 1 aliphatic rings. The summed E-state index contributed by atoms with van der Waals surface area (Å²) in [5.41, 5.74) is 0. The van der Waals surface area contributed by atoms with Gasteiger partial charge in [-0.05, 0) is 44.4 Å². The Bertz CT molecular complexity index is 735. The number of esters is 1. The van der Waals surface area contributed by atoms with Gasteiger partial charge in [-0.2, -0.15) is 0 Å². The SMILES string of the molecule is CCOC(=O)C(NC(=O)[C@H](CCC(=O)C=N)NC(=O)[C@H](CC(C)C)NC(C)=O)C1CCOCC1. The van der Waals surface area contributed by atoms with Crippen LogP contribution in [0.5, 0.6) is 0 Å². The lowest BCUT2D eigenvalue weighted by Gasteiger charge is -2.31. The summed E-state index contributed by atoms with van der Waals surface area (Å²) in [5, 5.41) is 15.0. The third kappa shape index (κ3) is 10.4. The van der Waals surface area contributed by atoms with Crippen LogP contribution in [0.4, 0.5) is 0 Å². The molecule has 3 amide bonds. The largest absolute Gasteiger partial charge is 0.464 e. The van der Waals surface area contributed by atoms with Crippen molar-refractivity contribution in [2.45, 2.75) is 77.9 Å². The highest BCUT2D eigenvalue weighted by Crippen LogP contribution is 2.20. The van der Waals surface area contributed by atoms with Gasteiger partial charge in [-0.25, -0.2) is 4.79 Å². The first-order valence-electron chi connectivity index (χ1n) is 11.7. The molecule has 11 heteroatoms. The third-order valence-corrected chi connectivity index (χ3v) is 5.45. The van der Waals surface area contributed by atoms with Crippen molar-refractivity contribution in [1.29, 1.82) is 5.41 Å². The van der Waals surface area contributed by atoms with E-state index in [1.54, 1.807) is 6.92 Å². The van der Waals surface area contributed by atoms with Crippen LogP contribution in [-0.2, 0) is 33.4 Å². The average molecular weight is 483 g/mol. The summed E-state index contributed by atoms with van der Waals surface area (Å²) >= 11 is 0. The maximum atomic E-state index is 13.2. The number of ether oxygens (including phenoxy) is 2. The Morgan fingerprint density at radius 3 is 2.18 bits per heavy atom. The van der Waals surface area contributed by atoms with E-state index in [-0.39, 0.29) is 37.2 Å². The van der Waals surface area contributed by atoms with Crippen LogP contribution in [0.25, 0.3) is 0 Å². The molecule has 0 aromatic heterocycles. The molecular weight excluding hydrogens is 444 g/mol. The highest BCUT2D eigenvalue weighted by atomic mass is 16.5. The molecule has 192 valence electrons. The number of carbonyl (C=O) groups excluding carboxylic acids is 5. The fourth-order valence-corrected chi connectivity index (χ4v) is 3.75. The molecule has 0 bridgehead atoms. The first-order chi connectivity index (χ1) is 16.1. The summed E-state index contributed by atoms with van der Waals surface area (Å²) in [6.07, 6.45) is 1.92. The summed E-state index contributed by atoms with van der Waals surface area (Å²) in [6.45, 7) is 7.82. The van der Waals surface area contributed by atoms with Crippen LogP contribution in [-0.4, -0.2) is 73.6 Å². The van der Waals surface area contributed by atoms with Gasteiger partial charge < -0.3 is 30.8 Å². The lowest BCUT2D eigenvalue weighted by Crippen LogP contribution is -2.57. The average Bonchev–Trinajstić information content (AvgIpc) is 2.79. The summed E-state index contributed by atoms with van der Waals surface area (Å²) in [5.74, 6) is -2.76. The van der Waals surface area contributed by atoms with Crippen molar-refractivity contribution in [3.63, 3.8) is 0 Å². The molecule has 11 nitrogen and oxygen atoms in total. The second-order valence-corrected chi connectivity index (χ2v) is 8.78. The van der Waals surface area contributed by atoms with Crippen molar-refractivity contribution in [3.8, 4) is 0 Å². The molecular formula is C23H38N4O7. The molecule has 0 aliphatic carbocycles. The zero-order valence-electron chi connectivity index (χ0n) is 20.5. The van der Waals surface area contributed by atoms with Crippen molar-refractivity contribution in [3.05, 3.63) is 0 Å². The Morgan fingerprint density at radius 2 is 1.65 bits per heavy atom. The topological polar surface area (TPSA) is 164 Å². The number of hydrogen-bond donors (Lipinski definition) is 4. The Labute approximate surface area is 200 Å². The van der Waals surface area contributed by atoms with Crippen LogP contribution in [0.2, 0.25) is 0 Å². The second-order valence-electron chi connectivity index (χ2n) is 8.78. The van der Waals surface area contributed by atoms with Gasteiger partial charge in [0.2, 0.25) is 17.7 Å².